The molecule has 1 saturated heterocycles. The van der Waals surface area contributed by atoms with Crippen LogP contribution in [-0.4, -0.2) is 52.4 Å². The van der Waals surface area contributed by atoms with E-state index < -0.39 is 24.1 Å². The number of anilines is 1. The molecule has 0 unspecified atom stereocenters. The highest BCUT2D eigenvalue weighted by atomic mass is 16.5. The maximum absolute atomic E-state index is 12.4. The van der Waals surface area contributed by atoms with Gasteiger partial charge in [0.15, 0.2) is 12.2 Å². The second-order valence-electron chi connectivity index (χ2n) is 5.16. The van der Waals surface area contributed by atoms with Crippen molar-refractivity contribution < 1.29 is 24.5 Å². The van der Waals surface area contributed by atoms with Crippen LogP contribution in [0.2, 0.25) is 0 Å². The van der Waals surface area contributed by atoms with E-state index in [9.17, 15) is 19.5 Å². The number of aromatic amines is 1. The van der Waals surface area contributed by atoms with E-state index in [0.29, 0.717) is 11.2 Å². The number of carbonyl (C=O) groups excluding carboxylic acids is 1. The maximum Gasteiger partial charge on any atom is 0.335 e. The monoisotopic (exact) mass is 318 g/mol. The smallest absolute Gasteiger partial charge is 0.335 e. The van der Waals surface area contributed by atoms with Gasteiger partial charge in [0.25, 0.3) is 5.91 Å². The lowest BCUT2D eigenvalue weighted by Gasteiger charge is -2.33. The Morgan fingerprint density at radius 3 is 2.83 bits per heavy atom. The molecule has 1 aromatic heterocycles. The number of aliphatic carboxylic acids is 1. The highest BCUT2D eigenvalue weighted by Crippen LogP contribution is 2.24. The minimum atomic E-state index is -1.91. The molecule has 2 atom stereocenters. The fourth-order valence-electron chi connectivity index (χ4n) is 2.53. The maximum atomic E-state index is 12.4. The van der Waals surface area contributed by atoms with E-state index in [4.69, 9.17) is 9.84 Å². The van der Waals surface area contributed by atoms with Crippen LogP contribution in [0.15, 0.2) is 35.1 Å². The molecule has 3 rings (SSSR count). The van der Waals surface area contributed by atoms with Crippen LogP contribution >= 0.6 is 0 Å². The molecule has 1 aliphatic heterocycles. The fourth-order valence-corrected chi connectivity index (χ4v) is 2.53. The Labute approximate surface area is 129 Å². The van der Waals surface area contributed by atoms with Crippen molar-refractivity contribution in [2.45, 2.75) is 12.2 Å². The van der Waals surface area contributed by atoms with Crippen molar-refractivity contribution >= 4 is 28.5 Å². The number of aliphatic hydroxyl groups excluding tert-OH is 1. The summed E-state index contributed by atoms with van der Waals surface area (Å²) in [6.45, 7) is 0.362. The van der Waals surface area contributed by atoms with E-state index in [-0.39, 0.29) is 18.7 Å². The van der Waals surface area contributed by atoms with Crippen molar-refractivity contribution in [3.63, 3.8) is 0 Å². The molecule has 0 spiro atoms. The fraction of sp³-hybridized carbons (Fsp3) is 0.267. The van der Waals surface area contributed by atoms with Gasteiger partial charge >= 0.3 is 5.97 Å². The number of aliphatic hydroxyl groups is 1. The first-order valence-corrected chi connectivity index (χ1v) is 6.94. The Kier molecular flexibility index (Phi) is 3.85. The number of carbonyl (C=O) groups is 2. The van der Waals surface area contributed by atoms with E-state index in [1.807, 2.05) is 0 Å². The van der Waals surface area contributed by atoms with E-state index >= 15 is 0 Å². The number of ether oxygens (including phenoxy) is 1. The standard InChI is InChI=1S/C15H14N2O6/c18-11-4-1-8-7-9(2-3-10(8)16-11)17-5-6-23-13(14(17)20)12(19)15(21)22/h1-4,7,12-13,19H,5-6H2,(H,16,18)(H,21,22)/t12-,13-/m1/s1. The summed E-state index contributed by atoms with van der Waals surface area (Å²) in [5.41, 5.74) is 0.946. The third-order valence-corrected chi connectivity index (χ3v) is 3.68. The number of morpholine rings is 1. The van der Waals surface area contributed by atoms with Crippen LogP contribution < -0.4 is 10.5 Å². The molecule has 1 aliphatic rings. The van der Waals surface area contributed by atoms with Crippen molar-refractivity contribution in [3.05, 3.63) is 40.7 Å². The van der Waals surface area contributed by atoms with Gasteiger partial charge in [0.1, 0.15) is 0 Å². The van der Waals surface area contributed by atoms with E-state index in [2.05, 4.69) is 4.98 Å². The van der Waals surface area contributed by atoms with Crippen molar-refractivity contribution in [2.75, 3.05) is 18.1 Å². The lowest BCUT2D eigenvalue weighted by Crippen LogP contribution is -2.54. The molecule has 23 heavy (non-hydrogen) atoms. The molecule has 2 heterocycles. The molecular weight excluding hydrogens is 304 g/mol. The molecule has 8 heteroatoms. The molecule has 2 aromatic rings. The zero-order chi connectivity index (χ0) is 16.6. The van der Waals surface area contributed by atoms with Crippen LogP contribution in [0.25, 0.3) is 10.9 Å². The van der Waals surface area contributed by atoms with Gasteiger partial charge in [0.2, 0.25) is 5.56 Å². The summed E-state index contributed by atoms with van der Waals surface area (Å²) in [6.07, 6.45) is -3.35. The zero-order valence-electron chi connectivity index (χ0n) is 11.9. The van der Waals surface area contributed by atoms with Gasteiger partial charge in [-0.25, -0.2) is 4.79 Å². The minimum absolute atomic E-state index is 0.115. The predicted molar refractivity (Wildman–Crippen MR) is 80.3 cm³/mol. The van der Waals surface area contributed by atoms with Crippen molar-refractivity contribution in [1.82, 2.24) is 4.98 Å². The van der Waals surface area contributed by atoms with Gasteiger partial charge in [-0.15, -0.1) is 0 Å². The van der Waals surface area contributed by atoms with Gasteiger partial charge in [-0.05, 0) is 24.3 Å². The molecule has 0 aliphatic carbocycles. The normalized spacial score (nSPS) is 19.8. The molecule has 0 radical (unpaired) electrons. The molecule has 1 aromatic carbocycles. The molecule has 1 fully saturated rings. The average Bonchev–Trinajstić information content (AvgIpc) is 2.54. The molecule has 0 bridgehead atoms. The third-order valence-electron chi connectivity index (χ3n) is 3.68. The Balaban J connectivity index is 1.94. The quantitative estimate of drug-likeness (QED) is 0.715. The third kappa shape index (κ3) is 2.81. The Morgan fingerprint density at radius 2 is 2.09 bits per heavy atom. The molecule has 8 nitrogen and oxygen atoms in total. The van der Waals surface area contributed by atoms with Crippen LogP contribution in [0.1, 0.15) is 0 Å². The van der Waals surface area contributed by atoms with Gasteiger partial charge in [0.05, 0.1) is 6.61 Å². The van der Waals surface area contributed by atoms with E-state index in [1.54, 1.807) is 24.3 Å². The van der Waals surface area contributed by atoms with Crippen LogP contribution in [0.4, 0.5) is 5.69 Å². The number of hydrogen-bond donors (Lipinski definition) is 3. The van der Waals surface area contributed by atoms with Gasteiger partial charge in [0, 0.05) is 29.2 Å². The summed E-state index contributed by atoms with van der Waals surface area (Å²) in [4.78, 5) is 38.6. The number of pyridine rings is 1. The number of nitrogens with one attached hydrogen (secondary N) is 1. The molecule has 1 amide bonds. The Morgan fingerprint density at radius 1 is 1.30 bits per heavy atom. The second-order valence-corrected chi connectivity index (χ2v) is 5.16. The number of nitrogens with zero attached hydrogens (tertiary/aromatic N) is 1. The topological polar surface area (TPSA) is 120 Å². The number of aromatic nitrogens is 1. The predicted octanol–water partition coefficient (Wildman–Crippen LogP) is -0.295. The minimum Gasteiger partial charge on any atom is -0.479 e. The summed E-state index contributed by atoms with van der Waals surface area (Å²) in [6, 6.07) is 8.03. The van der Waals surface area contributed by atoms with Crippen LogP contribution in [0.5, 0.6) is 0 Å². The summed E-state index contributed by atoms with van der Waals surface area (Å²) in [7, 11) is 0. The Bertz CT molecular complexity index is 830. The number of carboxylic acid groups (broad SMARTS) is 1. The van der Waals surface area contributed by atoms with Crippen molar-refractivity contribution in [3.8, 4) is 0 Å². The van der Waals surface area contributed by atoms with E-state index in [1.165, 1.54) is 11.0 Å². The highest BCUT2D eigenvalue weighted by Gasteiger charge is 2.39. The summed E-state index contributed by atoms with van der Waals surface area (Å²) in [5.74, 6) is -2.13. The summed E-state index contributed by atoms with van der Waals surface area (Å²) in [5, 5.41) is 19.2. The van der Waals surface area contributed by atoms with Crippen LogP contribution in [-0.2, 0) is 14.3 Å². The number of amides is 1. The van der Waals surface area contributed by atoms with Crippen LogP contribution in [0, 0.1) is 0 Å². The van der Waals surface area contributed by atoms with Gasteiger partial charge in [-0.1, -0.05) is 0 Å². The number of fused-ring (bicyclic) bond motifs is 1. The Hall–Kier alpha value is -2.71. The number of carboxylic acids is 1. The molecular formula is C15H14N2O6. The summed E-state index contributed by atoms with van der Waals surface area (Å²) < 4.78 is 5.10. The molecule has 120 valence electrons. The lowest BCUT2D eigenvalue weighted by atomic mass is 10.1. The lowest BCUT2D eigenvalue weighted by molar-refractivity contribution is -0.163. The molecule has 3 N–H and O–H groups in total. The number of benzene rings is 1. The first-order chi connectivity index (χ1) is 11.0. The van der Waals surface area contributed by atoms with Gasteiger partial charge in [-0.2, -0.15) is 0 Å². The van der Waals surface area contributed by atoms with Crippen molar-refractivity contribution in [2.24, 2.45) is 0 Å². The first-order valence-electron chi connectivity index (χ1n) is 6.94. The van der Waals surface area contributed by atoms with Crippen molar-refractivity contribution in [1.29, 1.82) is 0 Å². The molecule has 0 saturated carbocycles. The highest BCUT2D eigenvalue weighted by molar-refractivity contribution is 6.01. The first kappa shape index (κ1) is 15.2. The largest absolute Gasteiger partial charge is 0.479 e. The number of H-pyrrole nitrogens is 1. The van der Waals surface area contributed by atoms with Crippen LogP contribution in [0.3, 0.4) is 0 Å². The van der Waals surface area contributed by atoms with Gasteiger partial charge in [-0.3, -0.25) is 9.59 Å². The average molecular weight is 318 g/mol. The second kappa shape index (κ2) is 5.82. The van der Waals surface area contributed by atoms with E-state index in [0.717, 1.165) is 5.39 Å². The summed E-state index contributed by atoms with van der Waals surface area (Å²) >= 11 is 0. The number of hydrogen-bond acceptors (Lipinski definition) is 5. The SMILES string of the molecule is O=C(O)[C@H](O)[C@H]1OCCN(c2ccc3[nH]c(=O)ccc3c2)C1=O. The van der Waals surface area contributed by atoms with Gasteiger partial charge < -0.3 is 24.8 Å². The number of rotatable bonds is 3. The zero-order valence-corrected chi connectivity index (χ0v) is 11.9.